The van der Waals surface area contributed by atoms with Gasteiger partial charge in [-0.05, 0) is 65.9 Å². The molecule has 2 amide bonds. The van der Waals surface area contributed by atoms with Crippen LogP contribution in [0.3, 0.4) is 0 Å². The minimum Gasteiger partial charge on any atom is -0.484 e. The van der Waals surface area contributed by atoms with Crippen LogP contribution in [0.4, 0.5) is 10.5 Å². The van der Waals surface area contributed by atoms with Crippen LogP contribution in [0.5, 0.6) is 5.75 Å². The van der Waals surface area contributed by atoms with Crippen LogP contribution >= 0.6 is 0 Å². The van der Waals surface area contributed by atoms with E-state index in [2.05, 4.69) is 5.32 Å². The highest BCUT2D eigenvalue weighted by Gasteiger charge is 2.37. The Labute approximate surface area is 182 Å². The first-order chi connectivity index (χ1) is 14.4. The number of carbonyl (C=O) groups excluding carboxylic acids is 2. The molecule has 1 fully saturated rings. The Hall–Kier alpha value is -2.84. The molecular weight excluding hydrogens is 402 g/mol. The Balaban J connectivity index is 1.65. The van der Waals surface area contributed by atoms with E-state index in [9.17, 15) is 19.7 Å². The van der Waals surface area contributed by atoms with Crippen molar-refractivity contribution in [3.05, 3.63) is 33.4 Å². The SMILES string of the molecule is CC(C)Oc1cc2c(cc1[N+](=O)[O-])CN(C1CCC(NC(=O)OC(C)(C)C)CC1)C2=O. The van der Waals surface area contributed by atoms with Crippen molar-refractivity contribution >= 4 is 17.7 Å². The maximum absolute atomic E-state index is 13.0. The third kappa shape index (κ3) is 5.45. The molecule has 1 aromatic rings. The second kappa shape index (κ2) is 8.72. The van der Waals surface area contributed by atoms with E-state index < -0.39 is 16.6 Å². The molecule has 31 heavy (non-hydrogen) atoms. The normalized spacial score (nSPS) is 21.1. The summed E-state index contributed by atoms with van der Waals surface area (Å²) in [5.74, 6) is 0.00118. The number of fused-ring (bicyclic) bond motifs is 1. The molecule has 2 aliphatic rings. The van der Waals surface area contributed by atoms with Gasteiger partial charge >= 0.3 is 11.8 Å². The van der Waals surface area contributed by atoms with Crippen LogP contribution in [0, 0.1) is 10.1 Å². The lowest BCUT2D eigenvalue weighted by Gasteiger charge is -2.35. The lowest BCUT2D eigenvalue weighted by atomic mass is 9.90. The fourth-order valence-corrected chi connectivity index (χ4v) is 4.14. The number of carbonyl (C=O) groups is 2. The largest absolute Gasteiger partial charge is 0.484 e. The number of hydrogen-bond acceptors (Lipinski definition) is 6. The minimum absolute atomic E-state index is 0.0123. The van der Waals surface area contributed by atoms with Gasteiger partial charge in [0.05, 0.1) is 11.0 Å². The summed E-state index contributed by atoms with van der Waals surface area (Å²) in [4.78, 5) is 37.8. The summed E-state index contributed by atoms with van der Waals surface area (Å²) < 4.78 is 10.9. The van der Waals surface area contributed by atoms with E-state index in [4.69, 9.17) is 9.47 Å². The maximum atomic E-state index is 13.0. The van der Waals surface area contributed by atoms with Gasteiger partial charge in [-0.15, -0.1) is 0 Å². The van der Waals surface area contributed by atoms with Gasteiger partial charge in [0.15, 0.2) is 5.75 Å². The van der Waals surface area contributed by atoms with Crippen LogP contribution in [0.1, 0.15) is 76.2 Å². The zero-order valence-electron chi connectivity index (χ0n) is 18.8. The Morgan fingerprint density at radius 2 is 1.87 bits per heavy atom. The molecule has 0 spiro atoms. The van der Waals surface area contributed by atoms with E-state index in [1.807, 2.05) is 20.8 Å². The maximum Gasteiger partial charge on any atom is 0.407 e. The number of ether oxygens (including phenoxy) is 2. The number of rotatable bonds is 5. The van der Waals surface area contributed by atoms with Crippen LogP contribution in [-0.2, 0) is 11.3 Å². The molecule has 1 aliphatic carbocycles. The molecule has 1 N–H and O–H groups in total. The summed E-state index contributed by atoms with van der Waals surface area (Å²) in [6, 6.07) is 3.01. The zero-order chi connectivity index (χ0) is 22.9. The lowest BCUT2D eigenvalue weighted by molar-refractivity contribution is -0.386. The lowest BCUT2D eigenvalue weighted by Crippen LogP contribution is -2.45. The summed E-state index contributed by atoms with van der Waals surface area (Å²) in [5.41, 5.74) is 0.458. The van der Waals surface area contributed by atoms with Gasteiger partial charge < -0.3 is 19.7 Å². The van der Waals surface area contributed by atoms with Crippen molar-refractivity contribution in [3.8, 4) is 5.75 Å². The number of nitrogens with zero attached hydrogens (tertiary/aromatic N) is 2. The Morgan fingerprint density at radius 1 is 1.23 bits per heavy atom. The fraction of sp³-hybridized carbons (Fsp3) is 0.636. The molecule has 9 heteroatoms. The summed E-state index contributed by atoms with van der Waals surface area (Å²) in [6.45, 7) is 9.39. The average Bonchev–Trinajstić information content (AvgIpc) is 2.95. The Bertz CT molecular complexity index is 869. The summed E-state index contributed by atoms with van der Waals surface area (Å²) in [7, 11) is 0. The Morgan fingerprint density at radius 3 is 2.42 bits per heavy atom. The van der Waals surface area contributed by atoms with E-state index in [0.717, 1.165) is 25.7 Å². The second-order valence-electron chi connectivity index (χ2n) is 9.49. The summed E-state index contributed by atoms with van der Waals surface area (Å²) in [5, 5.41) is 14.4. The van der Waals surface area contributed by atoms with E-state index in [0.29, 0.717) is 17.7 Å². The Kier molecular flexibility index (Phi) is 6.43. The predicted octanol–water partition coefficient (Wildman–Crippen LogP) is 4.17. The van der Waals surface area contributed by atoms with Gasteiger partial charge in [-0.2, -0.15) is 0 Å². The number of nitrogens with one attached hydrogen (secondary N) is 1. The van der Waals surface area contributed by atoms with E-state index in [1.54, 1.807) is 18.7 Å². The number of hydrogen-bond donors (Lipinski definition) is 1. The van der Waals surface area contributed by atoms with Crippen molar-refractivity contribution in [2.45, 2.75) is 90.6 Å². The summed E-state index contributed by atoms with van der Waals surface area (Å²) in [6.07, 6.45) is 2.32. The van der Waals surface area contributed by atoms with E-state index in [1.165, 1.54) is 12.1 Å². The number of benzene rings is 1. The van der Waals surface area contributed by atoms with Gasteiger partial charge in [-0.1, -0.05) is 0 Å². The highest BCUT2D eigenvalue weighted by Crippen LogP contribution is 2.38. The number of amides is 2. The molecule has 3 rings (SSSR count). The number of alkyl carbamates (subject to hydrolysis) is 1. The van der Waals surface area contributed by atoms with Gasteiger partial charge in [-0.3, -0.25) is 14.9 Å². The molecule has 0 saturated heterocycles. The molecule has 0 radical (unpaired) electrons. The summed E-state index contributed by atoms with van der Waals surface area (Å²) >= 11 is 0. The van der Waals surface area contributed by atoms with E-state index >= 15 is 0 Å². The van der Waals surface area contributed by atoms with Crippen molar-refractivity contribution in [1.29, 1.82) is 0 Å². The van der Waals surface area contributed by atoms with Crippen LogP contribution < -0.4 is 10.1 Å². The molecule has 0 unspecified atom stereocenters. The van der Waals surface area contributed by atoms with Crippen molar-refractivity contribution in [2.75, 3.05) is 0 Å². The van der Waals surface area contributed by atoms with E-state index in [-0.39, 0.29) is 35.5 Å². The van der Waals surface area contributed by atoms with Gasteiger partial charge in [0.25, 0.3) is 5.91 Å². The molecule has 1 saturated carbocycles. The highest BCUT2D eigenvalue weighted by molar-refractivity contribution is 5.99. The quantitative estimate of drug-likeness (QED) is 0.551. The first-order valence-corrected chi connectivity index (χ1v) is 10.7. The molecular formula is C22H31N3O6. The molecule has 0 aromatic heterocycles. The van der Waals surface area contributed by atoms with Crippen molar-refractivity contribution < 1.29 is 24.0 Å². The number of nitro benzene ring substituents is 1. The molecule has 1 aromatic carbocycles. The molecule has 170 valence electrons. The second-order valence-corrected chi connectivity index (χ2v) is 9.49. The number of nitro groups is 1. The van der Waals surface area contributed by atoms with Crippen molar-refractivity contribution in [2.24, 2.45) is 0 Å². The highest BCUT2D eigenvalue weighted by atomic mass is 16.6. The molecule has 1 aliphatic heterocycles. The van der Waals surface area contributed by atoms with Crippen molar-refractivity contribution in [1.82, 2.24) is 10.2 Å². The first kappa shape index (κ1) is 22.8. The van der Waals surface area contributed by atoms with Crippen LogP contribution in [0.15, 0.2) is 12.1 Å². The van der Waals surface area contributed by atoms with Crippen LogP contribution in [0.25, 0.3) is 0 Å². The van der Waals surface area contributed by atoms with Gasteiger partial charge in [-0.25, -0.2) is 4.79 Å². The molecule has 0 atom stereocenters. The van der Waals surface area contributed by atoms with Crippen molar-refractivity contribution in [3.63, 3.8) is 0 Å². The zero-order valence-corrected chi connectivity index (χ0v) is 18.8. The molecule has 9 nitrogen and oxygen atoms in total. The van der Waals surface area contributed by atoms with Gasteiger partial charge in [0.2, 0.25) is 0 Å². The fourth-order valence-electron chi connectivity index (χ4n) is 4.14. The van der Waals surface area contributed by atoms with Crippen LogP contribution in [-0.4, -0.2) is 45.6 Å². The minimum atomic E-state index is -0.546. The topological polar surface area (TPSA) is 111 Å². The molecule has 1 heterocycles. The molecule has 0 bridgehead atoms. The third-order valence-corrected chi connectivity index (χ3v) is 5.43. The predicted molar refractivity (Wildman–Crippen MR) is 114 cm³/mol. The smallest absolute Gasteiger partial charge is 0.407 e. The monoisotopic (exact) mass is 433 g/mol. The average molecular weight is 434 g/mol. The van der Waals surface area contributed by atoms with Gasteiger partial charge in [0, 0.05) is 36.3 Å². The first-order valence-electron chi connectivity index (χ1n) is 10.7. The van der Waals surface area contributed by atoms with Crippen LogP contribution in [0.2, 0.25) is 0 Å². The standard InChI is InChI=1S/C22H31N3O6/c1-13(2)30-19-11-17-14(10-18(19)25(28)29)12-24(20(17)26)16-8-6-15(7-9-16)23-21(27)31-22(3,4)5/h10-11,13,15-16H,6-9,12H2,1-5H3,(H,23,27). The van der Waals surface area contributed by atoms with Gasteiger partial charge in [0.1, 0.15) is 5.60 Å². The third-order valence-electron chi connectivity index (χ3n) is 5.43.